The summed E-state index contributed by atoms with van der Waals surface area (Å²) in [6, 6.07) is 9.25. The number of likely N-dealkylation sites (tertiary alicyclic amines) is 1. The Morgan fingerprint density at radius 1 is 1.11 bits per heavy atom. The van der Waals surface area contributed by atoms with Crippen molar-refractivity contribution >= 4 is 16.6 Å². The summed E-state index contributed by atoms with van der Waals surface area (Å²) in [4.78, 5) is 10.6. The molecule has 1 aliphatic rings. The number of aryl methyl sites for hydroxylation is 2. The molecule has 0 aliphatic carbocycles. The monoisotopic (exact) mass is 468 g/mol. The van der Waals surface area contributed by atoms with E-state index in [9.17, 15) is 0 Å². The van der Waals surface area contributed by atoms with Gasteiger partial charge in [0.2, 0.25) is 0 Å². The summed E-state index contributed by atoms with van der Waals surface area (Å²) >= 11 is 0. The SMILES string of the molecule is Cc1cc(-c2[nH]c3ccc(C4CCN(Cc5ncn(C)n5)CC4)cc3c2C(C)C)cn2cnnc12. The first-order valence-corrected chi connectivity index (χ1v) is 12.5. The van der Waals surface area contributed by atoms with Crippen LogP contribution in [0.15, 0.2) is 43.1 Å². The van der Waals surface area contributed by atoms with Crippen molar-refractivity contribution in [3.05, 3.63) is 65.6 Å². The average molecular weight is 469 g/mol. The number of piperidine rings is 1. The average Bonchev–Trinajstić information content (AvgIpc) is 3.57. The second-order valence-corrected chi connectivity index (χ2v) is 10.2. The second kappa shape index (κ2) is 8.61. The Hall–Kier alpha value is -3.52. The highest BCUT2D eigenvalue weighted by Gasteiger charge is 2.23. The van der Waals surface area contributed by atoms with Gasteiger partial charge in [0.15, 0.2) is 11.5 Å². The van der Waals surface area contributed by atoms with Crippen LogP contribution in [0.2, 0.25) is 0 Å². The van der Waals surface area contributed by atoms with E-state index in [1.807, 2.05) is 11.4 Å². The van der Waals surface area contributed by atoms with Crippen molar-refractivity contribution < 1.29 is 0 Å². The van der Waals surface area contributed by atoms with E-state index in [0.717, 1.165) is 49.5 Å². The smallest absolute Gasteiger partial charge is 0.164 e. The molecule has 6 rings (SSSR count). The Balaban J connectivity index is 1.29. The van der Waals surface area contributed by atoms with E-state index in [1.165, 1.54) is 33.3 Å². The van der Waals surface area contributed by atoms with Gasteiger partial charge in [-0.05, 0) is 79.6 Å². The van der Waals surface area contributed by atoms with Crippen molar-refractivity contribution in [3.63, 3.8) is 0 Å². The largest absolute Gasteiger partial charge is 0.354 e. The van der Waals surface area contributed by atoms with Gasteiger partial charge in [-0.2, -0.15) is 5.10 Å². The quantitative estimate of drug-likeness (QED) is 0.400. The van der Waals surface area contributed by atoms with Gasteiger partial charge in [0.05, 0.1) is 12.2 Å². The highest BCUT2D eigenvalue weighted by Crippen LogP contribution is 2.38. The minimum Gasteiger partial charge on any atom is -0.354 e. The molecule has 1 N–H and O–H groups in total. The number of rotatable bonds is 5. The van der Waals surface area contributed by atoms with Crippen LogP contribution < -0.4 is 0 Å². The molecule has 5 aromatic rings. The number of nitrogens with one attached hydrogen (secondary N) is 1. The van der Waals surface area contributed by atoms with Crippen molar-refractivity contribution in [2.24, 2.45) is 7.05 Å². The van der Waals surface area contributed by atoms with E-state index < -0.39 is 0 Å². The normalized spacial score (nSPS) is 15.7. The first-order chi connectivity index (χ1) is 17.0. The van der Waals surface area contributed by atoms with Crippen molar-refractivity contribution in [2.45, 2.75) is 52.0 Å². The minimum atomic E-state index is 0.402. The molecule has 1 aliphatic heterocycles. The van der Waals surface area contributed by atoms with Crippen LogP contribution in [0.4, 0.5) is 0 Å². The molecule has 0 radical (unpaired) electrons. The predicted octanol–water partition coefficient (Wildman–Crippen LogP) is 4.82. The molecule has 8 nitrogen and oxygen atoms in total. The number of benzene rings is 1. The Labute approximate surface area is 205 Å². The van der Waals surface area contributed by atoms with E-state index >= 15 is 0 Å². The van der Waals surface area contributed by atoms with Gasteiger partial charge in [-0.1, -0.05) is 19.9 Å². The van der Waals surface area contributed by atoms with Crippen LogP contribution in [-0.4, -0.2) is 52.3 Å². The Morgan fingerprint density at radius 2 is 1.94 bits per heavy atom. The summed E-state index contributed by atoms with van der Waals surface area (Å²) in [6.07, 6.45) is 8.01. The number of hydrogen-bond acceptors (Lipinski definition) is 5. The summed E-state index contributed by atoms with van der Waals surface area (Å²) in [6.45, 7) is 9.66. The molecular formula is C27H32N8. The lowest BCUT2D eigenvalue weighted by Gasteiger charge is -2.31. The lowest BCUT2D eigenvalue weighted by atomic mass is 9.87. The molecule has 180 valence electrons. The molecule has 0 amide bonds. The van der Waals surface area contributed by atoms with E-state index in [-0.39, 0.29) is 0 Å². The maximum atomic E-state index is 4.44. The Kier molecular flexibility index (Phi) is 5.40. The molecule has 0 atom stereocenters. The van der Waals surface area contributed by atoms with Gasteiger partial charge in [0.1, 0.15) is 12.7 Å². The Morgan fingerprint density at radius 3 is 2.69 bits per heavy atom. The van der Waals surface area contributed by atoms with E-state index in [2.05, 4.69) is 81.4 Å². The van der Waals surface area contributed by atoms with E-state index in [4.69, 9.17) is 0 Å². The molecule has 0 unspecified atom stereocenters. The predicted molar refractivity (Wildman–Crippen MR) is 137 cm³/mol. The summed E-state index contributed by atoms with van der Waals surface area (Å²) in [7, 11) is 1.92. The fourth-order valence-corrected chi connectivity index (χ4v) is 5.63. The second-order valence-electron chi connectivity index (χ2n) is 10.2. The van der Waals surface area contributed by atoms with Crippen molar-refractivity contribution in [2.75, 3.05) is 13.1 Å². The summed E-state index contributed by atoms with van der Waals surface area (Å²) in [5.41, 5.74) is 8.44. The number of fused-ring (bicyclic) bond motifs is 2. The number of pyridine rings is 1. The zero-order valence-electron chi connectivity index (χ0n) is 20.9. The van der Waals surface area contributed by atoms with Crippen molar-refractivity contribution in [1.29, 1.82) is 0 Å². The third-order valence-corrected chi connectivity index (χ3v) is 7.38. The maximum absolute atomic E-state index is 4.44. The van der Waals surface area contributed by atoms with Gasteiger partial charge in [-0.25, -0.2) is 4.98 Å². The van der Waals surface area contributed by atoms with Gasteiger partial charge >= 0.3 is 0 Å². The molecule has 8 heteroatoms. The third kappa shape index (κ3) is 4.01. The number of hydrogen-bond donors (Lipinski definition) is 1. The number of aromatic amines is 1. The van der Waals surface area contributed by atoms with Gasteiger partial charge in [0, 0.05) is 29.7 Å². The van der Waals surface area contributed by atoms with Gasteiger partial charge < -0.3 is 4.98 Å². The zero-order valence-corrected chi connectivity index (χ0v) is 20.9. The first kappa shape index (κ1) is 22.0. The number of H-pyrrole nitrogens is 1. The van der Waals surface area contributed by atoms with Crippen molar-refractivity contribution in [3.8, 4) is 11.3 Å². The molecule has 1 aromatic carbocycles. The Bertz CT molecular complexity index is 1500. The van der Waals surface area contributed by atoms with Crippen LogP contribution in [0.25, 0.3) is 27.8 Å². The summed E-state index contributed by atoms with van der Waals surface area (Å²) in [5, 5.41) is 14.1. The zero-order chi connectivity index (χ0) is 24.1. The molecule has 35 heavy (non-hydrogen) atoms. The third-order valence-electron chi connectivity index (χ3n) is 7.38. The molecule has 1 saturated heterocycles. The van der Waals surface area contributed by atoms with Gasteiger partial charge in [0.25, 0.3) is 0 Å². The highest BCUT2D eigenvalue weighted by molar-refractivity contribution is 5.92. The summed E-state index contributed by atoms with van der Waals surface area (Å²) < 4.78 is 3.79. The van der Waals surface area contributed by atoms with Crippen LogP contribution in [0.5, 0.6) is 0 Å². The fourth-order valence-electron chi connectivity index (χ4n) is 5.63. The molecular weight excluding hydrogens is 436 g/mol. The maximum Gasteiger partial charge on any atom is 0.164 e. The lowest BCUT2D eigenvalue weighted by Crippen LogP contribution is -2.32. The van der Waals surface area contributed by atoms with Crippen LogP contribution >= 0.6 is 0 Å². The van der Waals surface area contributed by atoms with Gasteiger partial charge in [-0.3, -0.25) is 14.0 Å². The minimum absolute atomic E-state index is 0.402. The first-order valence-electron chi connectivity index (χ1n) is 12.5. The highest BCUT2D eigenvalue weighted by atomic mass is 15.3. The molecule has 1 fully saturated rings. The number of nitrogens with zero attached hydrogens (tertiary/aromatic N) is 7. The van der Waals surface area contributed by atoms with Gasteiger partial charge in [-0.15, -0.1) is 10.2 Å². The fraction of sp³-hybridized carbons (Fsp3) is 0.407. The molecule has 4 aromatic heterocycles. The lowest BCUT2D eigenvalue weighted by molar-refractivity contribution is 0.200. The molecule has 0 spiro atoms. The van der Waals surface area contributed by atoms with E-state index in [1.54, 1.807) is 17.3 Å². The summed E-state index contributed by atoms with van der Waals surface area (Å²) in [5.74, 6) is 1.90. The number of aromatic nitrogens is 7. The molecule has 0 bridgehead atoms. The standard InChI is InChI=1S/C27H32N8/c1-17(2)25-22-12-20(19-7-9-34(10-8-19)14-24-28-15-33(4)32-24)5-6-23(22)30-26(25)21-11-18(3)27-31-29-16-35(27)13-21/h5-6,11-13,15-17,19,30H,7-10,14H2,1-4H3. The molecule has 5 heterocycles. The van der Waals surface area contributed by atoms with Crippen LogP contribution in [0.3, 0.4) is 0 Å². The van der Waals surface area contributed by atoms with Crippen LogP contribution in [-0.2, 0) is 13.6 Å². The van der Waals surface area contributed by atoms with E-state index in [0.29, 0.717) is 11.8 Å². The van der Waals surface area contributed by atoms with Crippen LogP contribution in [0, 0.1) is 6.92 Å². The topological polar surface area (TPSA) is 79.9 Å². The molecule has 0 saturated carbocycles. The van der Waals surface area contributed by atoms with Crippen molar-refractivity contribution in [1.82, 2.24) is 39.2 Å². The van der Waals surface area contributed by atoms with Crippen LogP contribution in [0.1, 0.15) is 61.0 Å².